The molecular weight excluding hydrogens is 373 g/mol. The molecule has 7 nitrogen and oxygen atoms in total. The summed E-state index contributed by atoms with van der Waals surface area (Å²) < 4.78 is 40.8. The van der Waals surface area contributed by atoms with E-state index in [0.29, 0.717) is 5.69 Å². The second-order valence-electron chi connectivity index (χ2n) is 6.00. The molecule has 1 N–H and O–H groups in total. The molecule has 0 bridgehead atoms. The van der Waals surface area contributed by atoms with Crippen LogP contribution in [-0.2, 0) is 6.18 Å². The summed E-state index contributed by atoms with van der Waals surface area (Å²) in [6.45, 7) is 1.63. The standard InChI is InChI=1S/C18H13F3N6O/c1-11-13(17(28)25-26-10-23-14-4-2-3-5-15(14)26)9-24-27(11)16-7-6-12(8-22-16)18(19,20)21/h2-10H,1H3,(H,25,28). The van der Waals surface area contributed by atoms with Crippen LogP contribution in [0.4, 0.5) is 13.2 Å². The molecule has 0 saturated carbocycles. The first-order valence-electron chi connectivity index (χ1n) is 8.16. The Hall–Kier alpha value is -3.69. The molecule has 10 heteroatoms. The number of amides is 1. The number of alkyl halides is 3. The summed E-state index contributed by atoms with van der Waals surface area (Å²) in [5.74, 6) is -0.253. The average Bonchev–Trinajstić information content (AvgIpc) is 3.25. The zero-order valence-corrected chi connectivity index (χ0v) is 14.5. The maximum atomic E-state index is 12.7. The molecule has 0 fully saturated rings. The van der Waals surface area contributed by atoms with E-state index in [4.69, 9.17) is 0 Å². The van der Waals surface area contributed by atoms with Crippen LogP contribution in [-0.4, -0.2) is 30.3 Å². The maximum absolute atomic E-state index is 12.7. The van der Waals surface area contributed by atoms with E-state index in [1.54, 1.807) is 6.92 Å². The predicted octanol–water partition coefficient (Wildman–Crippen LogP) is 3.33. The fourth-order valence-corrected chi connectivity index (χ4v) is 2.76. The van der Waals surface area contributed by atoms with Crippen molar-refractivity contribution in [3.8, 4) is 5.82 Å². The molecule has 0 aliphatic rings. The second-order valence-corrected chi connectivity index (χ2v) is 6.00. The van der Waals surface area contributed by atoms with Crippen LogP contribution in [0.1, 0.15) is 21.6 Å². The number of imidazole rings is 1. The minimum atomic E-state index is -4.47. The van der Waals surface area contributed by atoms with E-state index in [2.05, 4.69) is 20.5 Å². The van der Waals surface area contributed by atoms with Gasteiger partial charge in [-0.3, -0.25) is 10.2 Å². The maximum Gasteiger partial charge on any atom is 0.417 e. The van der Waals surface area contributed by atoms with Crippen LogP contribution in [0.15, 0.2) is 55.1 Å². The van der Waals surface area contributed by atoms with E-state index >= 15 is 0 Å². The highest BCUT2D eigenvalue weighted by molar-refractivity contribution is 6.01. The number of para-hydroxylation sites is 2. The van der Waals surface area contributed by atoms with Crippen molar-refractivity contribution in [1.29, 1.82) is 0 Å². The minimum absolute atomic E-state index is 0.178. The van der Waals surface area contributed by atoms with Crippen molar-refractivity contribution in [2.24, 2.45) is 0 Å². The van der Waals surface area contributed by atoms with Crippen molar-refractivity contribution in [2.45, 2.75) is 13.1 Å². The molecule has 0 radical (unpaired) electrons. The molecule has 1 aromatic carbocycles. The van der Waals surface area contributed by atoms with Gasteiger partial charge in [-0.05, 0) is 31.2 Å². The topological polar surface area (TPSA) is 77.6 Å². The van der Waals surface area contributed by atoms with Gasteiger partial charge in [0, 0.05) is 6.20 Å². The molecule has 0 spiro atoms. The van der Waals surface area contributed by atoms with Crippen molar-refractivity contribution in [3.63, 3.8) is 0 Å². The van der Waals surface area contributed by atoms with Gasteiger partial charge in [-0.15, -0.1) is 0 Å². The first-order valence-corrected chi connectivity index (χ1v) is 8.16. The number of nitrogens with one attached hydrogen (secondary N) is 1. The van der Waals surface area contributed by atoms with Gasteiger partial charge in [-0.25, -0.2) is 19.3 Å². The summed E-state index contributed by atoms with van der Waals surface area (Å²) in [5.41, 5.74) is 4.01. The smallest absolute Gasteiger partial charge is 0.267 e. The molecular formula is C18H13F3N6O. The predicted molar refractivity (Wildman–Crippen MR) is 94.5 cm³/mol. The summed E-state index contributed by atoms with van der Waals surface area (Å²) >= 11 is 0. The van der Waals surface area contributed by atoms with Gasteiger partial charge < -0.3 is 0 Å². The molecule has 0 saturated heterocycles. The van der Waals surface area contributed by atoms with E-state index in [0.717, 1.165) is 23.3 Å². The van der Waals surface area contributed by atoms with Gasteiger partial charge in [-0.1, -0.05) is 12.1 Å². The van der Waals surface area contributed by atoms with Crippen LogP contribution in [0.2, 0.25) is 0 Å². The molecule has 0 unspecified atom stereocenters. The zero-order valence-electron chi connectivity index (χ0n) is 14.5. The van der Waals surface area contributed by atoms with Crippen molar-refractivity contribution in [2.75, 3.05) is 5.43 Å². The highest BCUT2D eigenvalue weighted by Gasteiger charge is 2.30. The van der Waals surface area contributed by atoms with Gasteiger partial charge in [0.2, 0.25) is 0 Å². The molecule has 142 valence electrons. The highest BCUT2D eigenvalue weighted by Crippen LogP contribution is 2.28. The van der Waals surface area contributed by atoms with Gasteiger partial charge in [0.25, 0.3) is 5.91 Å². The number of aromatic nitrogens is 5. The summed E-state index contributed by atoms with van der Waals surface area (Å²) in [6, 6.07) is 9.41. The lowest BCUT2D eigenvalue weighted by Gasteiger charge is -2.09. The quantitative estimate of drug-likeness (QED) is 0.586. The van der Waals surface area contributed by atoms with Crippen molar-refractivity contribution >= 4 is 16.9 Å². The van der Waals surface area contributed by atoms with Gasteiger partial charge in [0.15, 0.2) is 5.82 Å². The van der Waals surface area contributed by atoms with Crippen LogP contribution < -0.4 is 5.43 Å². The van der Waals surface area contributed by atoms with Gasteiger partial charge in [-0.2, -0.15) is 18.3 Å². The molecule has 0 aliphatic heterocycles. The normalized spacial score (nSPS) is 11.7. The average molecular weight is 386 g/mol. The van der Waals surface area contributed by atoms with Crippen LogP contribution in [0, 0.1) is 6.92 Å². The molecule has 0 aliphatic carbocycles. The second kappa shape index (κ2) is 6.48. The van der Waals surface area contributed by atoms with Gasteiger partial charge in [0.05, 0.1) is 34.1 Å². The molecule has 1 amide bonds. The Bertz CT molecular complexity index is 1160. The zero-order chi connectivity index (χ0) is 19.9. The number of fused-ring (bicyclic) bond motifs is 1. The Morgan fingerprint density at radius 1 is 1.07 bits per heavy atom. The summed E-state index contributed by atoms with van der Waals surface area (Å²) in [4.78, 5) is 20.6. The van der Waals surface area contributed by atoms with Crippen LogP contribution in [0.25, 0.3) is 16.9 Å². The van der Waals surface area contributed by atoms with E-state index in [9.17, 15) is 18.0 Å². The number of hydrogen-bond acceptors (Lipinski definition) is 4. The molecule has 3 aromatic heterocycles. The fourth-order valence-electron chi connectivity index (χ4n) is 2.76. The number of carbonyl (C=O) groups excluding carboxylic acids is 1. The van der Waals surface area contributed by atoms with Gasteiger partial charge in [0.1, 0.15) is 6.33 Å². The largest absolute Gasteiger partial charge is 0.417 e. The Morgan fingerprint density at radius 3 is 2.57 bits per heavy atom. The number of nitrogens with zero attached hydrogens (tertiary/aromatic N) is 5. The lowest BCUT2D eigenvalue weighted by Crippen LogP contribution is -2.22. The third kappa shape index (κ3) is 3.08. The van der Waals surface area contributed by atoms with Crippen molar-refractivity contribution in [1.82, 2.24) is 24.4 Å². The molecule has 3 heterocycles. The van der Waals surface area contributed by atoms with Crippen molar-refractivity contribution in [3.05, 3.63) is 71.9 Å². The van der Waals surface area contributed by atoms with Crippen LogP contribution >= 0.6 is 0 Å². The summed E-state index contributed by atoms with van der Waals surface area (Å²) in [6.07, 6.45) is -0.917. The van der Waals surface area contributed by atoms with E-state index < -0.39 is 17.6 Å². The summed E-state index contributed by atoms with van der Waals surface area (Å²) in [7, 11) is 0. The lowest BCUT2D eigenvalue weighted by atomic mass is 10.2. The van der Waals surface area contributed by atoms with E-state index in [1.807, 2.05) is 24.3 Å². The Kier molecular flexibility index (Phi) is 4.10. The molecule has 4 rings (SSSR count). The minimum Gasteiger partial charge on any atom is -0.267 e. The lowest BCUT2D eigenvalue weighted by molar-refractivity contribution is -0.137. The fraction of sp³-hybridized carbons (Fsp3) is 0.111. The van der Waals surface area contributed by atoms with Crippen molar-refractivity contribution < 1.29 is 18.0 Å². The summed E-state index contributed by atoms with van der Waals surface area (Å²) in [5, 5.41) is 4.08. The van der Waals surface area contributed by atoms with Crippen LogP contribution in [0.5, 0.6) is 0 Å². The number of pyridine rings is 1. The highest BCUT2D eigenvalue weighted by atomic mass is 19.4. The monoisotopic (exact) mass is 386 g/mol. The Morgan fingerprint density at radius 2 is 1.86 bits per heavy atom. The first-order chi connectivity index (χ1) is 13.3. The number of rotatable bonds is 3. The first kappa shape index (κ1) is 17.7. The molecule has 4 aromatic rings. The number of carbonyl (C=O) groups is 1. The molecule has 0 atom stereocenters. The Labute approximate surface area is 156 Å². The van der Waals surface area contributed by atoms with Crippen LogP contribution in [0.3, 0.4) is 0 Å². The molecule has 28 heavy (non-hydrogen) atoms. The third-order valence-electron chi connectivity index (χ3n) is 4.22. The van der Waals surface area contributed by atoms with E-state index in [-0.39, 0.29) is 11.4 Å². The van der Waals surface area contributed by atoms with Gasteiger partial charge >= 0.3 is 6.18 Å². The number of halogens is 3. The SMILES string of the molecule is Cc1c(C(=O)Nn2cnc3ccccc32)cnn1-c1ccc(C(F)(F)F)cn1. The van der Waals surface area contributed by atoms with E-state index in [1.165, 1.54) is 27.9 Å². The number of benzene rings is 1. The Balaban J connectivity index is 1.60. The number of hydrogen-bond donors (Lipinski definition) is 1. The third-order valence-corrected chi connectivity index (χ3v) is 4.22.